The van der Waals surface area contributed by atoms with E-state index in [1.165, 1.54) is 6.92 Å². The summed E-state index contributed by atoms with van der Waals surface area (Å²) < 4.78 is 0. The van der Waals surface area contributed by atoms with Crippen molar-refractivity contribution in [3.8, 4) is 22.6 Å². The van der Waals surface area contributed by atoms with E-state index >= 15 is 0 Å². The summed E-state index contributed by atoms with van der Waals surface area (Å²) in [5, 5.41) is 12.2. The number of aromatic nitrogens is 1. The molecule has 0 aliphatic rings. The van der Waals surface area contributed by atoms with Crippen LogP contribution in [0.2, 0.25) is 5.02 Å². The second-order valence-corrected chi connectivity index (χ2v) is 7.73. The number of nitrogens with one attached hydrogen (secondary N) is 1. The highest BCUT2D eigenvalue weighted by Crippen LogP contribution is 2.40. The van der Waals surface area contributed by atoms with Crippen LogP contribution in [0, 0.1) is 6.92 Å². The van der Waals surface area contributed by atoms with Crippen LogP contribution in [0.5, 0.6) is 11.5 Å². The number of halogens is 1. The van der Waals surface area contributed by atoms with Gasteiger partial charge < -0.3 is 9.94 Å². The van der Waals surface area contributed by atoms with E-state index in [-0.39, 0.29) is 11.7 Å². The average molecular weight is 433 g/mol. The van der Waals surface area contributed by atoms with Gasteiger partial charge in [-0.1, -0.05) is 41.9 Å². The van der Waals surface area contributed by atoms with Crippen LogP contribution in [-0.4, -0.2) is 16.0 Å². The van der Waals surface area contributed by atoms with Gasteiger partial charge in [-0.05, 0) is 65.9 Å². The lowest BCUT2D eigenvalue weighted by molar-refractivity contribution is -0.125. The molecule has 0 fully saturated rings. The molecular weight excluding hydrogens is 412 g/mol. The van der Waals surface area contributed by atoms with E-state index in [1.54, 1.807) is 18.3 Å². The topological polar surface area (TPSA) is 71.5 Å². The van der Waals surface area contributed by atoms with Crippen molar-refractivity contribution in [2.24, 2.45) is 0 Å². The van der Waals surface area contributed by atoms with Gasteiger partial charge in [0.1, 0.15) is 11.3 Å². The van der Waals surface area contributed by atoms with Crippen molar-refractivity contribution in [1.29, 1.82) is 0 Å². The van der Waals surface area contributed by atoms with Crippen LogP contribution >= 0.6 is 11.6 Å². The van der Waals surface area contributed by atoms with Crippen LogP contribution in [0.1, 0.15) is 23.6 Å². The Labute approximate surface area is 185 Å². The third-order valence-corrected chi connectivity index (χ3v) is 5.49. The monoisotopic (exact) mass is 432 g/mol. The molecule has 0 saturated carbocycles. The van der Waals surface area contributed by atoms with E-state index in [1.807, 2.05) is 49.4 Å². The second-order valence-electron chi connectivity index (χ2n) is 7.32. The molecule has 3 aromatic carbocycles. The van der Waals surface area contributed by atoms with Gasteiger partial charge in [-0.15, -0.1) is 0 Å². The molecule has 4 aromatic rings. The number of amides is 1. The van der Waals surface area contributed by atoms with E-state index in [2.05, 4.69) is 16.5 Å². The van der Waals surface area contributed by atoms with E-state index in [9.17, 15) is 9.90 Å². The number of phenols is 1. The van der Waals surface area contributed by atoms with Crippen molar-refractivity contribution >= 4 is 28.4 Å². The molecule has 0 aliphatic heterocycles. The van der Waals surface area contributed by atoms with Crippen molar-refractivity contribution in [3.63, 3.8) is 0 Å². The molecule has 0 radical (unpaired) electrons. The number of hydroxylamine groups is 1. The molecule has 31 heavy (non-hydrogen) atoms. The number of fused-ring (bicyclic) bond motifs is 1. The lowest BCUT2D eigenvalue weighted by Gasteiger charge is -2.15. The van der Waals surface area contributed by atoms with Crippen LogP contribution in [0.15, 0.2) is 66.9 Å². The first-order chi connectivity index (χ1) is 14.9. The van der Waals surface area contributed by atoms with Crippen molar-refractivity contribution in [1.82, 2.24) is 10.5 Å². The summed E-state index contributed by atoms with van der Waals surface area (Å²) in [4.78, 5) is 20.5. The van der Waals surface area contributed by atoms with Crippen LogP contribution in [0.25, 0.3) is 22.0 Å². The number of nitrogens with zero attached hydrogens (tertiary/aromatic N) is 1. The Morgan fingerprint density at radius 2 is 1.87 bits per heavy atom. The highest BCUT2D eigenvalue weighted by molar-refractivity contribution is 6.36. The summed E-state index contributed by atoms with van der Waals surface area (Å²) in [5.41, 5.74) is 7.66. The highest BCUT2D eigenvalue weighted by atomic mass is 35.5. The Bertz CT molecular complexity index is 1270. The number of carbonyl (C=O) groups is 1. The Kier molecular flexibility index (Phi) is 5.78. The fraction of sp³-hybridized carbons (Fsp3) is 0.120. The summed E-state index contributed by atoms with van der Waals surface area (Å²) in [6.45, 7) is 3.43. The Morgan fingerprint density at radius 3 is 2.61 bits per heavy atom. The number of hydrogen-bond donors (Lipinski definition) is 2. The minimum atomic E-state index is -0.260. The maximum atomic E-state index is 11.0. The summed E-state index contributed by atoms with van der Waals surface area (Å²) in [7, 11) is 0. The molecule has 0 saturated heterocycles. The maximum absolute atomic E-state index is 11.0. The largest absolute Gasteiger partial charge is 0.505 e. The molecule has 1 aromatic heterocycles. The molecule has 0 unspecified atom stereocenters. The first-order valence-corrected chi connectivity index (χ1v) is 10.2. The fourth-order valence-corrected chi connectivity index (χ4v) is 3.85. The van der Waals surface area contributed by atoms with E-state index < -0.39 is 0 Å². The van der Waals surface area contributed by atoms with Crippen molar-refractivity contribution in [2.45, 2.75) is 20.3 Å². The molecule has 6 heteroatoms. The van der Waals surface area contributed by atoms with Crippen LogP contribution in [-0.2, 0) is 11.2 Å². The maximum Gasteiger partial charge on any atom is 0.249 e. The lowest BCUT2D eigenvalue weighted by Crippen LogP contribution is -2.23. The van der Waals surface area contributed by atoms with Crippen LogP contribution < -0.4 is 10.3 Å². The first kappa shape index (κ1) is 20.7. The number of aromatic hydroxyl groups is 1. The number of phenolic OH excluding ortho intramolecular Hbond substituents is 1. The Balaban J connectivity index is 1.66. The lowest BCUT2D eigenvalue weighted by atomic mass is 9.92. The molecule has 1 amide bonds. The summed E-state index contributed by atoms with van der Waals surface area (Å²) in [5.74, 6) is 0.427. The van der Waals surface area contributed by atoms with E-state index in [4.69, 9.17) is 16.4 Å². The molecule has 0 aliphatic carbocycles. The fourth-order valence-electron chi connectivity index (χ4n) is 3.59. The number of rotatable bonds is 5. The number of benzene rings is 3. The van der Waals surface area contributed by atoms with Gasteiger partial charge in [0.05, 0.1) is 5.02 Å². The minimum Gasteiger partial charge on any atom is -0.505 e. The molecule has 2 N–H and O–H groups in total. The predicted octanol–water partition coefficient (Wildman–Crippen LogP) is 5.59. The third kappa shape index (κ3) is 4.32. The molecule has 0 spiro atoms. The third-order valence-electron chi connectivity index (χ3n) is 5.18. The first-order valence-electron chi connectivity index (χ1n) is 9.81. The standard InChI is InChI=1S/C25H21ClN2O3/c1-15-18(13-17-8-10-19(11-9-17)31-28-16(2)29)5-3-6-20(15)22-14-23(26)21-7-4-12-27-24(21)25(22)30/h3-12,14,30H,13H2,1-2H3,(H,28,29). The predicted molar refractivity (Wildman–Crippen MR) is 122 cm³/mol. The highest BCUT2D eigenvalue weighted by Gasteiger charge is 2.16. The SMILES string of the molecule is CC(=O)NOc1ccc(Cc2cccc(-c3cc(Cl)c4cccnc4c3O)c2C)cc1. The molecule has 4 rings (SSSR count). The van der Waals surface area contributed by atoms with Crippen LogP contribution in [0.3, 0.4) is 0 Å². The summed E-state index contributed by atoms with van der Waals surface area (Å²) in [6.07, 6.45) is 2.35. The van der Waals surface area contributed by atoms with Gasteiger partial charge >= 0.3 is 0 Å². The zero-order chi connectivity index (χ0) is 22.0. The molecular formula is C25H21ClN2O3. The minimum absolute atomic E-state index is 0.125. The quantitative estimate of drug-likeness (QED) is 0.403. The van der Waals surface area contributed by atoms with Gasteiger partial charge in [-0.2, -0.15) is 5.48 Å². The summed E-state index contributed by atoms with van der Waals surface area (Å²) >= 11 is 6.48. The van der Waals surface area contributed by atoms with Crippen molar-refractivity contribution in [2.75, 3.05) is 0 Å². The van der Waals surface area contributed by atoms with Gasteiger partial charge in [0.25, 0.3) is 0 Å². The average Bonchev–Trinajstić information content (AvgIpc) is 2.77. The Hall–Kier alpha value is -3.57. The number of carbonyl (C=O) groups excluding carboxylic acids is 1. The molecule has 0 bridgehead atoms. The molecule has 1 heterocycles. The molecule has 5 nitrogen and oxygen atoms in total. The smallest absolute Gasteiger partial charge is 0.249 e. The van der Waals surface area contributed by atoms with Gasteiger partial charge in [0, 0.05) is 24.1 Å². The van der Waals surface area contributed by atoms with Gasteiger partial charge in [-0.3, -0.25) is 9.78 Å². The summed E-state index contributed by atoms with van der Waals surface area (Å²) in [6, 6.07) is 19.0. The van der Waals surface area contributed by atoms with Gasteiger partial charge in [-0.25, -0.2) is 0 Å². The van der Waals surface area contributed by atoms with Crippen LogP contribution in [0.4, 0.5) is 0 Å². The second kappa shape index (κ2) is 8.66. The molecule has 0 atom stereocenters. The van der Waals surface area contributed by atoms with Crippen molar-refractivity contribution < 1.29 is 14.7 Å². The Morgan fingerprint density at radius 1 is 1.10 bits per heavy atom. The van der Waals surface area contributed by atoms with E-state index in [0.717, 1.165) is 27.6 Å². The molecule has 156 valence electrons. The number of hydrogen-bond acceptors (Lipinski definition) is 4. The zero-order valence-corrected chi connectivity index (χ0v) is 17.9. The van der Waals surface area contributed by atoms with Gasteiger partial charge in [0.2, 0.25) is 5.91 Å². The zero-order valence-electron chi connectivity index (χ0n) is 17.1. The van der Waals surface area contributed by atoms with Crippen molar-refractivity contribution in [3.05, 3.63) is 88.6 Å². The number of pyridine rings is 1. The normalized spacial score (nSPS) is 10.8. The van der Waals surface area contributed by atoms with E-state index in [0.29, 0.717) is 28.3 Å². The van der Waals surface area contributed by atoms with Gasteiger partial charge in [0.15, 0.2) is 5.75 Å².